The second-order valence-electron chi connectivity index (χ2n) is 5.27. The van der Waals surface area contributed by atoms with Crippen LogP contribution in [0.2, 0.25) is 0 Å². The third-order valence-corrected chi connectivity index (χ3v) is 4.80. The number of benzene rings is 2. The fourth-order valence-corrected chi connectivity index (χ4v) is 3.12. The van der Waals surface area contributed by atoms with Crippen molar-refractivity contribution in [1.82, 2.24) is 4.72 Å². The third-order valence-electron chi connectivity index (χ3n) is 3.34. The topological polar surface area (TPSA) is 98.5 Å². The highest BCUT2D eigenvalue weighted by atomic mass is 32.2. The molecule has 0 fully saturated rings. The van der Waals surface area contributed by atoms with Gasteiger partial charge < -0.3 is 4.74 Å². The number of ether oxygens (including phenoxy) is 1. The van der Waals surface area contributed by atoms with Gasteiger partial charge in [0, 0.05) is 18.2 Å². The Balaban J connectivity index is 1.99. The molecule has 0 heterocycles. The summed E-state index contributed by atoms with van der Waals surface area (Å²) in [4.78, 5) is 10.2. The van der Waals surface area contributed by atoms with Crippen LogP contribution in [0.4, 0.5) is 5.69 Å². The molecule has 8 heteroatoms. The van der Waals surface area contributed by atoms with Gasteiger partial charge in [-0.05, 0) is 37.6 Å². The Labute approximate surface area is 140 Å². The van der Waals surface area contributed by atoms with Gasteiger partial charge in [0.2, 0.25) is 10.0 Å². The molecule has 7 nitrogen and oxygen atoms in total. The number of hydrogen-bond acceptors (Lipinski definition) is 5. The average molecular weight is 350 g/mol. The van der Waals surface area contributed by atoms with Crippen LogP contribution in [0.5, 0.6) is 5.75 Å². The molecule has 1 N–H and O–H groups in total. The maximum atomic E-state index is 12.2. The monoisotopic (exact) mass is 350 g/mol. The summed E-state index contributed by atoms with van der Waals surface area (Å²) in [5, 5.41) is 10.9. The Hall–Kier alpha value is -2.45. The first-order chi connectivity index (χ1) is 11.3. The normalized spacial score (nSPS) is 11.2. The number of hydrogen-bond donors (Lipinski definition) is 1. The van der Waals surface area contributed by atoms with Crippen molar-refractivity contribution in [3.05, 3.63) is 63.7 Å². The summed E-state index contributed by atoms with van der Waals surface area (Å²) in [5.74, 6) is 0.653. The Morgan fingerprint density at radius 2 is 1.92 bits per heavy atom. The fraction of sp³-hybridized carbons (Fsp3) is 0.250. The molecule has 0 aliphatic rings. The lowest BCUT2D eigenvalue weighted by Crippen LogP contribution is -2.28. The highest BCUT2D eigenvalue weighted by Crippen LogP contribution is 2.22. The SMILES string of the molecule is Cc1cccc(OCCNS(=O)(=O)c2ccc(C)c([N+](=O)[O-])c2)c1. The van der Waals surface area contributed by atoms with E-state index in [9.17, 15) is 18.5 Å². The molecule has 0 aliphatic carbocycles. The van der Waals surface area contributed by atoms with Crippen molar-refractivity contribution in [2.75, 3.05) is 13.2 Å². The van der Waals surface area contributed by atoms with E-state index in [1.54, 1.807) is 13.0 Å². The minimum Gasteiger partial charge on any atom is -0.492 e. The maximum absolute atomic E-state index is 12.2. The number of rotatable bonds is 7. The third kappa shape index (κ3) is 4.53. The summed E-state index contributed by atoms with van der Waals surface area (Å²) >= 11 is 0. The van der Waals surface area contributed by atoms with Crippen molar-refractivity contribution in [2.24, 2.45) is 0 Å². The Morgan fingerprint density at radius 3 is 2.58 bits per heavy atom. The van der Waals surface area contributed by atoms with Crippen molar-refractivity contribution in [3.63, 3.8) is 0 Å². The molecule has 0 bridgehead atoms. The minimum atomic E-state index is -3.83. The van der Waals surface area contributed by atoms with E-state index >= 15 is 0 Å². The fourth-order valence-electron chi connectivity index (χ4n) is 2.09. The summed E-state index contributed by atoms with van der Waals surface area (Å²) in [7, 11) is -3.83. The van der Waals surface area contributed by atoms with Gasteiger partial charge in [-0.1, -0.05) is 18.2 Å². The van der Waals surface area contributed by atoms with Gasteiger partial charge in [-0.25, -0.2) is 13.1 Å². The summed E-state index contributed by atoms with van der Waals surface area (Å²) in [6.45, 7) is 3.69. The number of sulfonamides is 1. The van der Waals surface area contributed by atoms with E-state index in [1.807, 2.05) is 25.1 Å². The molecule has 0 unspecified atom stereocenters. The van der Waals surface area contributed by atoms with Gasteiger partial charge in [0.25, 0.3) is 5.69 Å². The van der Waals surface area contributed by atoms with Crippen LogP contribution >= 0.6 is 0 Å². The molecule has 0 radical (unpaired) electrons. The van der Waals surface area contributed by atoms with Crippen molar-refractivity contribution in [1.29, 1.82) is 0 Å². The van der Waals surface area contributed by atoms with E-state index in [0.29, 0.717) is 11.3 Å². The Morgan fingerprint density at radius 1 is 1.17 bits per heavy atom. The van der Waals surface area contributed by atoms with Crippen LogP contribution in [0.3, 0.4) is 0 Å². The predicted octanol–water partition coefficient (Wildman–Crippen LogP) is 2.57. The van der Waals surface area contributed by atoms with Crippen LogP contribution in [0.15, 0.2) is 47.4 Å². The zero-order valence-corrected chi connectivity index (χ0v) is 14.2. The van der Waals surface area contributed by atoms with E-state index in [4.69, 9.17) is 4.74 Å². The quantitative estimate of drug-likeness (QED) is 0.470. The molecule has 0 aromatic heterocycles. The lowest BCUT2D eigenvalue weighted by molar-refractivity contribution is -0.385. The van der Waals surface area contributed by atoms with E-state index in [0.717, 1.165) is 11.6 Å². The second kappa shape index (κ2) is 7.41. The number of nitrogens with one attached hydrogen (secondary N) is 1. The van der Waals surface area contributed by atoms with Crippen LogP contribution in [0.25, 0.3) is 0 Å². The first-order valence-electron chi connectivity index (χ1n) is 7.24. The van der Waals surface area contributed by atoms with Crippen molar-refractivity contribution in [3.8, 4) is 5.75 Å². The van der Waals surface area contributed by atoms with Gasteiger partial charge in [-0.2, -0.15) is 0 Å². The molecule has 2 rings (SSSR count). The number of nitro groups is 1. The zero-order chi connectivity index (χ0) is 17.7. The summed E-state index contributed by atoms with van der Waals surface area (Å²) in [5.41, 5.74) is 1.22. The van der Waals surface area contributed by atoms with Crippen LogP contribution in [-0.4, -0.2) is 26.5 Å². The van der Waals surface area contributed by atoms with E-state index in [-0.39, 0.29) is 23.7 Å². The highest BCUT2D eigenvalue weighted by Gasteiger charge is 2.19. The minimum absolute atomic E-state index is 0.0535. The van der Waals surface area contributed by atoms with Gasteiger partial charge in [0.15, 0.2) is 0 Å². The average Bonchev–Trinajstić information content (AvgIpc) is 2.51. The first kappa shape index (κ1) is 17.9. The van der Waals surface area contributed by atoms with E-state index in [1.165, 1.54) is 12.1 Å². The molecule has 2 aromatic carbocycles. The standard InChI is InChI=1S/C16H18N2O5S/c1-12-4-3-5-14(10-12)23-9-8-17-24(21,22)15-7-6-13(2)16(11-15)18(19)20/h3-7,10-11,17H,8-9H2,1-2H3. The van der Waals surface area contributed by atoms with Crippen molar-refractivity contribution < 1.29 is 18.1 Å². The molecule has 0 saturated carbocycles. The molecule has 0 aliphatic heterocycles. The van der Waals surface area contributed by atoms with E-state index < -0.39 is 14.9 Å². The lowest BCUT2D eigenvalue weighted by atomic mass is 10.2. The van der Waals surface area contributed by atoms with Crippen LogP contribution in [0, 0.1) is 24.0 Å². The maximum Gasteiger partial charge on any atom is 0.273 e. The summed E-state index contributed by atoms with van der Waals surface area (Å²) in [6, 6.07) is 11.2. The molecule has 24 heavy (non-hydrogen) atoms. The van der Waals surface area contributed by atoms with Gasteiger partial charge in [0.05, 0.1) is 9.82 Å². The summed E-state index contributed by atoms with van der Waals surface area (Å²) in [6.07, 6.45) is 0. The molecule has 128 valence electrons. The molecular weight excluding hydrogens is 332 g/mol. The Kier molecular flexibility index (Phi) is 5.53. The predicted molar refractivity (Wildman–Crippen MR) is 89.7 cm³/mol. The molecule has 0 saturated heterocycles. The summed E-state index contributed by atoms with van der Waals surface area (Å²) < 4.78 is 32.2. The molecular formula is C16H18N2O5S. The zero-order valence-electron chi connectivity index (χ0n) is 13.4. The van der Waals surface area contributed by atoms with Gasteiger partial charge >= 0.3 is 0 Å². The van der Waals surface area contributed by atoms with Crippen molar-refractivity contribution in [2.45, 2.75) is 18.7 Å². The van der Waals surface area contributed by atoms with Crippen molar-refractivity contribution >= 4 is 15.7 Å². The van der Waals surface area contributed by atoms with E-state index in [2.05, 4.69) is 4.72 Å². The Bertz CT molecular complexity index is 849. The molecule has 2 aromatic rings. The van der Waals surface area contributed by atoms with Crippen LogP contribution in [-0.2, 0) is 10.0 Å². The van der Waals surface area contributed by atoms with Gasteiger partial charge in [0.1, 0.15) is 12.4 Å². The van der Waals surface area contributed by atoms with Crippen LogP contribution < -0.4 is 9.46 Å². The number of aryl methyl sites for hydroxylation is 2. The number of nitro benzene ring substituents is 1. The van der Waals surface area contributed by atoms with Crippen LogP contribution in [0.1, 0.15) is 11.1 Å². The smallest absolute Gasteiger partial charge is 0.273 e. The largest absolute Gasteiger partial charge is 0.492 e. The molecule has 0 amide bonds. The van der Waals surface area contributed by atoms with Gasteiger partial charge in [-0.3, -0.25) is 10.1 Å². The second-order valence-corrected chi connectivity index (χ2v) is 7.04. The molecule has 0 spiro atoms. The molecule has 0 atom stereocenters. The first-order valence-corrected chi connectivity index (χ1v) is 8.72. The highest BCUT2D eigenvalue weighted by molar-refractivity contribution is 7.89. The number of nitrogens with zero attached hydrogens (tertiary/aromatic N) is 1. The lowest BCUT2D eigenvalue weighted by Gasteiger charge is -2.09. The van der Waals surface area contributed by atoms with Gasteiger partial charge in [-0.15, -0.1) is 0 Å².